The number of hydrogen-bond donors (Lipinski definition) is 2. The summed E-state index contributed by atoms with van der Waals surface area (Å²) in [4.78, 5) is 23.3. The number of aryl methyl sites for hydroxylation is 1. The molecule has 1 aromatic carbocycles. The van der Waals surface area contributed by atoms with E-state index in [1.807, 2.05) is 25.1 Å². The normalized spacial score (nSPS) is 21.8. The van der Waals surface area contributed by atoms with Gasteiger partial charge in [-0.25, -0.2) is 0 Å². The zero-order valence-electron chi connectivity index (χ0n) is 12.1. The first-order chi connectivity index (χ1) is 9.97. The van der Waals surface area contributed by atoms with E-state index in [1.165, 1.54) is 0 Å². The molecule has 5 heteroatoms. The van der Waals surface area contributed by atoms with Crippen LogP contribution in [0.15, 0.2) is 22.7 Å². The Balaban J connectivity index is 1.92. The van der Waals surface area contributed by atoms with Crippen molar-refractivity contribution in [3.63, 3.8) is 0 Å². The monoisotopic (exact) mass is 353 g/mol. The van der Waals surface area contributed by atoms with E-state index in [1.54, 1.807) is 0 Å². The van der Waals surface area contributed by atoms with E-state index >= 15 is 0 Å². The molecule has 4 nitrogen and oxygen atoms in total. The van der Waals surface area contributed by atoms with Crippen LogP contribution in [0.2, 0.25) is 0 Å². The first-order valence-corrected chi connectivity index (χ1v) is 8.02. The van der Waals surface area contributed by atoms with Crippen molar-refractivity contribution in [2.75, 3.05) is 0 Å². The SMILES string of the molecule is Cc1ccc(Br)cc1CNC(=O)C1CCCC(C(=O)O)C1. The molecule has 0 bridgehead atoms. The lowest BCUT2D eigenvalue weighted by Crippen LogP contribution is -2.35. The zero-order valence-corrected chi connectivity index (χ0v) is 13.6. The molecule has 2 N–H and O–H groups in total. The third-order valence-electron chi connectivity index (χ3n) is 4.16. The quantitative estimate of drug-likeness (QED) is 0.872. The molecule has 2 unspecified atom stereocenters. The molecule has 114 valence electrons. The number of rotatable bonds is 4. The molecule has 1 aliphatic rings. The van der Waals surface area contributed by atoms with Gasteiger partial charge in [-0.05, 0) is 49.4 Å². The molecule has 0 heterocycles. The van der Waals surface area contributed by atoms with E-state index in [-0.39, 0.29) is 17.7 Å². The Labute approximate surface area is 133 Å². The van der Waals surface area contributed by atoms with Crippen molar-refractivity contribution >= 4 is 27.8 Å². The van der Waals surface area contributed by atoms with Crippen LogP contribution in [0.4, 0.5) is 0 Å². The van der Waals surface area contributed by atoms with Gasteiger partial charge in [0, 0.05) is 16.9 Å². The van der Waals surface area contributed by atoms with Gasteiger partial charge in [-0.3, -0.25) is 9.59 Å². The topological polar surface area (TPSA) is 66.4 Å². The maximum atomic E-state index is 12.2. The minimum absolute atomic E-state index is 0.0275. The number of aliphatic carboxylic acids is 1. The van der Waals surface area contributed by atoms with Crippen LogP contribution in [0.1, 0.15) is 36.8 Å². The van der Waals surface area contributed by atoms with Crippen LogP contribution in [0.5, 0.6) is 0 Å². The highest BCUT2D eigenvalue weighted by Crippen LogP contribution is 2.29. The second-order valence-corrected chi connectivity index (χ2v) is 6.60. The minimum Gasteiger partial charge on any atom is -0.481 e. The first kappa shape index (κ1) is 16.0. The van der Waals surface area contributed by atoms with E-state index in [0.29, 0.717) is 19.4 Å². The predicted octanol–water partition coefficient (Wildman–Crippen LogP) is 3.26. The Morgan fingerprint density at radius 2 is 2.05 bits per heavy atom. The smallest absolute Gasteiger partial charge is 0.306 e. The summed E-state index contributed by atoms with van der Waals surface area (Å²) in [6.07, 6.45) is 2.74. The average Bonchev–Trinajstić information content (AvgIpc) is 2.48. The fourth-order valence-corrected chi connectivity index (χ4v) is 3.22. The van der Waals surface area contributed by atoms with Gasteiger partial charge in [-0.2, -0.15) is 0 Å². The first-order valence-electron chi connectivity index (χ1n) is 7.23. The highest BCUT2D eigenvalue weighted by molar-refractivity contribution is 9.10. The molecule has 0 saturated heterocycles. The van der Waals surface area contributed by atoms with Gasteiger partial charge in [0.25, 0.3) is 0 Å². The van der Waals surface area contributed by atoms with E-state index in [2.05, 4.69) is 21.2 Å². The summed E-state index contributed by atoms with van der Waals surface area (Å²) < 4.78 is 0.987. The highest BCUT2D eigenvalue weighted by atomic mass is 79.9. The summed E-state index contributed by atoms with van der Waals surface area (Å²) in [6, 6.07) is 5.97. The van der Waals surface area contributed by atoms with Crippen LogP contribution in [-0.4, -0.2) is 17.0 Å². The van der Waals surface area contributed by atoms with Crippen molar-refractivity contribution in [1.29, 1.82) is 0 Å². The van der Waals surface area contributed by atoms with E-state index in [4.69, 9.17) is 5.11 Å². The molecule has 1 amide bonds. The molecule has 0 spiro atoms. The Hall–Kier alpha value is -1.36. The summed E-state index contributed by atoms with van der Waals surface area (Å²) in [7, 11) is 0. The van der Waals surface area contributed by atoms with Gasteiger partial charge in [0.1, 0.15) is 0 Å². The Bertz CT molecular complexity index is 544. The van der Waals surface area contributed by atoms with Crippen LogP contribution in [0.25, 0.3) is 0 Å². The Morgan fingerprint density at radius 1 is 1.33 bits per heavy atom. The minimum atomic E-state index is -0.782. The standard InChI is InChI=1S/C16H20BrNO3/c1-10-5-6-14(17)8-13(10)9-18-15(19)11-3-2-4-12(7-11)16(20)21/h5-6,8,11-12H,2-4,7,9H2,1H3,(H,18,19)(H,20,21). The van der Waals surface area contributed by atoms with Crippen LogP contribution in [0, 0.1) is 18.8 Å². The number of carbonyl (C=O) groups is 2. The van der Waals surface area contributed by atoms with Crippen molar-refractivity contribution in [3.8, 4) is 0 Å². The average molecular weight is 354 g/mol. The van der Waals surface area contributed by atoms with Gasteiger partial charge in [-0.15, -0.1) is 0 Å². The summed E-state index contributed by atoms with van der Waals surface area (Å²) in [5, 5.41) is 12.0. The molecular weight excluding hydrogens is 334 g/mol. The van der Waals surface area contributed by atoms with Gasteiger partial charge in [0.2, 0.25) is 5.91 Å². The number of benzene rings is 1. The van der Waals surface area contributed by atoms with Crippen molar-refractivity contribution in [3.05, 3.63) is 33.8 Å². The third kappa shape index (κ3) is 4.30. The van der Waals surface area contributed by atoms with Gasteiger partial charge in [-0.1, -0.05) is 28.4 Å². The molecule has 2 atom stereocenters. The summed E-state index contributed by atoms with van der Waals surface area (Å²) in [5.41, 5.74) is 2.20. The van der Waals surface area contributed by atoms with Crippen molar-refractivity contribution < 1.29 is 14.7 Å². The van der Waals surface area contributed by atoms with Crippen LogP contribution in [-0.2, 0) is 16.1 Å². The summed E-state index contributed by atoms with van der Waals surface area (Å²) in [5.74, 6) is -1.36. The van der Waals surface area contributed by atoms with Gasteiger partial charge in [0.05, 0.1) is 5.92 Å². The second-order valence-electron chi connectivity index (χ2n) is 5.69. The Kier molecular flexibility index (Phi) is 5.39. The predicted molar refractivity (Wildman–Crippen MR) is 83.8 cm³/mol. The number of halogens is 1. The molecule has 1 aliphatic carbocycles. The van der Waals surface area contributed by atoms with Crippen molar-refractivity contribution in [2.24, 2.45) is 11.8 Å². The fourth-order valence-electron chi connectivity index (χ4n) is 2.81. The number of carbonyl (C=O) groups excluding carboxylic acids is 1. The number of carboxylic acid groups (broad SMARTS) is 1. The molecule has 0 aromatic heterocycles. The van der Waals surface area contributed by atoms with E-state index in [0.717, 1.165) is 28.4 Å². The van der Waals surface area contributed by atoms with Gasteiger partial charge in [0.15, 0.2) is 0 Å². The molecule has 21 heavy (non-hydrogen) atoms. The lowest BCUT2D eigenvalue weighted by Gasteiger charge is -2.25. The molecule has 0 aliphatic heterocycles. The van der Waals surface area contributed by atoms with Crippen molar-refractivity contribution in [2.45, 2.75) is 39.2 Å². The molecule has 1 saturated carbocycles. The van der Waals surface area contributed by atoms with Crippen LogP contribution in [0.3, 0.4) is 0 Å². The number of hydrogen-bond acceptors (Lipinski definition) is 2. The maximum Gasteiger partial charge on any atom is 0.306 e. The van der Waals surface area contributed by atoms with E-state index in [9.17, 15) is 9.59 Å². The molecular formula is C16H20BrNO3. The summed E-state index contributed by atoms with van der Waals surface area (Å²) >= 11 is 3.43. The fraction of sp³-hybridized carbons (Fsp3) is 0.500. The third-order valence-corrected chi connectivity index (χ3v) is 4.65. The number of nitrogens with one attached hydrogen (secondary N) is 1. The lowest BCUT2D eigenvalue weighted by molar-refractivity contribution is -0.144. The van der Waals surface area contributed by atoms with Crippen LogP contribution < -0.4 is 5.32 Å². The molecule has 1 aromatic rings. The highest BCUT2D eigenvalue weighted by Gasteiger charge is 2.30. The van der Waals surface area contributed by atoms with Gasteiger partial charge >= 0.3 is 5.97 Å². The second kappa shape index (κ2) is 7.07. The van der Waals surface area contributed by atoms with Crippen LogP contribution >= 0.6 is 15.9 Å². The maximum absolute atomic E-state index is 12.2. The van der Waals surface area contributed by atoms with Gasteiger partial charge < -0.3 is 10.4 Å². The number of amides is 1. The Morgan fingerprint density at radius 3 is 2.76 bits per heavy atom. The number of carboxylic acids is 1. The molecule has 2 rings (SSSR count). The summed E-state index contributed by atoms with van der Waals surface area (Å²) in [6.45, 7) is 2.49. The zero-order chi connectivity index (χ0) is 15.4. The van der Waals surface area contributed by atoms with Crippen molar-refractivity contribution in [1.82, 2.24) is 5.32 Å². The molecule has 0 radical (unpaired) electrons. The largest absolute Gasteiger partial charge is 0.481 e. The molecule has 1 fully saturated rings. The lowest BCUT2D eigenvalue weighted by atomic mass is 9.81. The van der Waals surface area contributed by atoms with E-state index < -0.39 is 5.97 Å².